The molecule has 2 aromatic carbocycles. The van der Waals surface area contributed by atoms with Gasteiger partial charge in [-0.05, 0) is 43.2 Å². The van der Waals surface area contributed by atoms with Gasteiger partial charge in [0.05, 0.1) is 12.2 Å². The van der Waals surface area contributed by atoms with Gasteiger partial charge in [-0.15, -0.1) is 0 Å². The molecule has 0 aromatic heterocycles. The summed E-state index contributed by atoms with van der Waals surface area (Å²) >= 11 is 0. The van der Waals surface area contributed by atoms with Crippen molar-refractivity contribution in [2.45, 2.75) is 32.5 Å². The average Bonchev–Trinajstić information content (AvgIpc) is 2.58. The molecular weight excluding hydrogens is 331 g/mol. The molecule has 1 N–H and O–H groups in total. The summed E-state index contributed by atoms with van der Waals surface area (Å²) in [5.74, 6) is 0.528. The van der Waals surface area contributed by atoms with E-state index in [-0.39, 0.29) is 18.9 Å². The first-order chi connectivity index (χ1) is 11.8. The summed E-state index contributed by atoms with van der Waals surface area (Å²) in [6.45, 7) is 2.46. The highest BCUT2D eigenvalue weighted by molar-refractivity contribution is 5.75. The van der Waals surface area contributed by atoms with Crippen LogP contribution in [0.2, 0.25) is 0 Å². The Labute approximate surface area is 144 Å². The molecule has 0 unspecified atom stereocenters. The predicted octanol–water partition coefficient (Wildman–Crippen LogP) is 4.49. The normalized spacial score (nSPS) is 11.2. The summed E-state index contributed by atoms with van der Waals surface area (Å²) in [6.07, 6.45) is -3.60. The molecule has 3 nitrogen and oxygen atoms in total. The standard InChI is InChI=1S/C19H20F3NO2/c1-14-7-9-17(10-8-14)25-11-3-6-18(24)23-13-15-4-2-5-16(12-15)19(20,21)22/h2,4-5,7-10,12H,3,6,11,13H2,1H3,(H,23,24). The van der Waals surface area contributed by atoms with Gasteiger partial charge in [0.25, 0.3) is 0 Å². The van der Waals surface area contributed by atoms with Crippen molar-refractivity contribution in [3.05, 3.63) is 65.2 Å². The van der Waals surface area contributed by atoms with Crippen LogP contribution < -0.4 is 10.1 Å². The van der Waals surface area contributed by atoms with Crippen molar-refractivity contribution >= 4 is 5.91 Å². The van der Waals surface area contributed by atoms with Crippen LogP contribution in [0.25, 0.3) is 0 Å². The van der Waals surface area contributed by atoms with Crippen molar-refractivity contribution in [2.75, 3.05) is 6.61 Å². The molecule has 0 aliphatic carbocycles. The number of amides is 1. The molecule has 0 saturated carbocycles. The van der Waals surface area contributed by atoms with E-state index < -0.39 is 11.7 Å². The summed E-state index contributed by atoms with van der Waals surface area (Å²) in [5.41, 5.74) is 0.839. The average molecular weight is 351 g/mol. The molecule has 2 rings (SSSR count). The molecule has 1 amide bonds. The Morgan fingerprint density at radius 3 is 2.52 bits per heavy atom. The number of hydrogen-bond acceptors (Lipinski definition) is 2. The molecule has 0 fully saturated rings. The highest BCUT2D eigenvalue weighted by Gasteiger charge is 2.30. The van der Waals surface area contributed by atoms with Gasteiger partial charge in [-0.1, -0.05) is 29.8 Å². The highest BCUT2D eigenvalue weighted by atomic mass is 19.4. The lowest BCUT2D eigenvalue weighted by atomic mass is 10.1. The first kappa shape index (κ1) is 18.8. The maximum absolute atomic E-state index is 12.6. The molecular formula is C19H20F3NO2. The second-order valence-electron chi connectivity index (χ2n) is 5.74. The minimum atomic E-state index is -4.38. The van der Waals surface area contributed by atoms with Crippen LogP contribution in [0.5, 0.6) is 5.75 Å². The molecule has 134 valence electrons. The number of aryl methyl sites for hydroxylation is 1. The van der Waals surface area contributed by atoms with Crippen LogP contribution in [-0.2, 0) is 17.5 Å². The Hall–Kier alpha value is -2.50. The molecule has 6 heteroatoms. The highest BCUT2D eigenvalue weighted by Crippen LogP contribution is 2.29. The predicted molar refractivity (Wildman–Crippen MR) is 89.2 cm³/mol. The maximum Gasteiger partial charge on any atom is 0.416 e. The number of benzene rings is 2. The molecule has 0 saturated heterocycles. The van der Waals surface area contributed by atoms with E-state index in [4.69, 9.17) is 4.74 Å². The minimum Gasteiger partial charge on any atom is -0.494 e. The number of carbonyl (C=O) groups excluding carboxylic acids is 1. The zero-order valence-corrected chi connectivity index (χ0v) is 13.9. The fourth-order valence-electron chi connectivity index (χ4n) is 2.20. The number of carbonyl (C=O) groups is 1. The second kappa shape index (κ2) is 8.55. The molecule has 0 atom stereocenters. The lowest BCUT2D eigenvalue weighted by Crippen LogP contribution is -2.23. The third-order valence-electron chi connectivity index (χ3n) is 3.58. The van der Waals surface area contributed by atoms with Gasteiger partial charge in [0, 0.05) is 13.0 Å². The lowest BCUT2D eigenvalue weighted by Gasteiger charge is -2.10. The Bertz CT molecular complexity index is 697. The van der Waals surface area contributed by atoms with Crippen molar-refractivity contribution < 1.29 is 22.7 Å². The third-order valence-corrected chi connectivity index (χ3v) is 3.58. The Morgan fingerprint density at radius 1 is 1.12 bits per heavy atom. The van der Waals surface area contributed by atoms with Crippen LogP contribution in [0.15, 0.2) is 48.5 Å². The third kappa shape index (κ3) is 6.49. The monoisotopic (exact) mass is 351 g/mol. The van der Waals surface area contributed by atoms with Crippen molar-refractivity contribution in [1.29, 1.82) is 0 Å². The smallest absolute Gasteiger partial charge is 0.416 e. The van der Waals surface area contributed by atoms with Crippen molar-refractivity contribution in [2.24, 2.45) is 0 Å². The van der Waals surface area contributed by atoms with Gasteiger partial charge in [-0.3, -0.25) is 4.79 Å². The van der Waals surface area contributed by atoms with E-state index in [9.17, 15) is 18.0 Å². The molecule has 0 spiro atoms. The fourth-order valence-corrected chi connectivity index (χ4v) is 2.20. The zero-order chi connectivity index (χ0) is 18.3. The van der Waals surface area contributed by atoms with Gasteiger partial charge in [0.15, 0.2) is 0 Å². The maximum atomic E-state index is 12.6. The van der Waals surface area contributed by atoms with Crippen LogP contribution in [0, 0.1) is 6.92 Å². The van der Waals surface area contributed by atoms with Gasteiger partial charge in [-0.2, -0.15) is 13.2 Å². The first-order valence-corrected chi connectivity index (χ1v) is 7.97. The molecule has 0 bridgehead atoms. The Kier molecular flexibility index (Phi) is 6.44. The summed E-state index contributed by atoms with van der Waals surface area (Å²) in [5, 5.41) is 2.62. The van der Waals surface area contributed by atoms with Crippen molar-refractivity contribution in [3.8, 4) is 5.75 Å². The SMILES string of the molecule is Cc1ccc(OCCCC(=O)NCc2cccc(C(F)(F)F)c2)cc1. The summed E-state index contributed by atoms with van der Waals surface area (Å²) < 4.78 is 43.4. The van der Waals surface area contributed by atoms with E-state index in [1.807, 2.05) is 31.2 Å². The summed E-state index contributed by atoms with van der Waals surface area (Å²) in [4.78, 5) is 11.8. The van der Waals surface area contributed by atoms with E-state index >= 15 is 0 Å². The van der Waals surface area contributed by atoms with Gasteiger partial charge in [-0.25, -0.2) is 0 Å². The zero-order valence-electron chi connectivity index (χ0n) is 13.9. The largest absolute Gasteiger partial charge is 0.494 e. The van der Waals surface area contributed by atoms with E-state index in [1.165, 1.54) is 6.07 Å². The number of hydrogen-bond donors (Lipinski definition) is 1. The minimum absolute atomic E-state index is 0.0710. The molecule has 0 radical (unpaired) electrons. The fraction of sp³-hybridized carbons (Fsp3) is 0.316. The molecule has 2 aromatic rings. The number of nitrogens with one attached hydrogen (secondary N) is 1. The van der Waals surface area contributed by atoms with Crippen LogP contribution in [0.3, 0.4) is 0 Å². The summed E-state index contributed by atoms with van der Waals surface area (Å²) in [6, 6.07) is 12.5. The van der Waals surface area contributed by atoms with Crippen molar-refractivity contribution in [1.82, 2.24) is 5.32 Å². The number of halogens is 3. The van der Waals surface area contributed by atoms with Gasteiger partial charge in [0.1, 0.15) is 5.75 Å². The molecule has 0 aliphatic heterocycles. The topological polar surface area (TPSA) is 38.3 Å². The summed E-state index contributed by atoms with van der Waals surface area (Å²) in [7, 11) is 0. The first-order valence-electron chi connectivity index (χ1n) is 7.97. The van der Waals surface area contributed by atoms with Gasteiger partial charge < -0.3 is 10.1 Å². The Morgan fingerprint density at radius 2 is 1.84 bits per heavy atom. The van der Waals surface area contributed by atoms with E-state index in [2.05, 4.69) is 5.32 Å². The van der Waals surface area contributed by atoms with Crippen LogP contribution in [-0.4, -0.2) is 12.5 Å². The molecule has 0 aliphatic rings. The number of rotatable bonds is 7. The van der Waals surface area contributed by atoms with Gasteiger partial charge in [0.2, 0.25) is 5.91 Å². The number of alkyl halides is 3. The van der Waals surface area contributed by atoms with Crippen LogP contribution in [0.1, 0.15) is 29.5 Å². The molecule has 25 heavy (non-hydrogen) atoms. The Balaban J connectivity index is 1.69. The lowest BCUT2D eigenvalue weighted by molar-refractivity contribution is -0.137. The van der Waals surface area contributed by atoms with Gasteiger partial charge >= 0.3 is 6.18 Å². The van der Waals surface area contributed by atoms with E-state index in [1.54, 1.807) is 6.07 Å². The molecule has 0 heterocycles. The second-order valence-corrected chi connectivity index (χ2v) is 5.74. The quantitative estimate of drug-likeness (QED) is 0.747. The van der Waals surface area contributed by atoms with E-state index in [0.717, 1.165) is 23.4 Å². The van der Waals surface area contributed by atoms with Crippen LogP contribution >= 0.6 is 0 Å². The van der Waals surface area contributed by atoms with Crippen LogP contribution in [0.4, 0.5) is 13.2 Å². The number of ether oxygens (including phenoxy) is 1. The van der Waals surface area contributed by atoms with Crippen molar-refractivity contribution in [3.63, 3.8) is 0 Å². The van der Waals surface area contributed by atoms with E-state index in [0.29, 0.717) is 18.6 Å².